The molecule has 0 aliphatic heterocycles. The van der Waals surface area contributed by atoms with E-state index >= 15 is 0 Å². The fourth-order valence-electron chi connectivity index (χ4n) is 3.97. The molecule has 0 aromatic heterocycles. The highest BCUT2D eigenvalue weighted by molar-refractivity contribution is 5.92. The number of nitrogens with zero attached hydrogens (tertiary/aromatic N) is 1. The van der Waals surface area contributed by atoms with Crippen molar-refractivity contribution in [2.24, 2.45) is 0 Å². The third-order valence-corrected chi connectivity index (χ3v) is 5.79. The average Bonchev–Trinajstić information content (AvgIpc) is 2.81. The molecule has 8 heteroatoms. The second-order valence-electron chi connectivity index (χ2n) is 10.3. The monoisotopic (exact) mass is 511 g/mol. The third-order valence-electron chi connectivity index (χ3n) is 5.79. The van der Waals surface area contributed by atoms with Gasteiger partial charge in [-0.2, -0.15) is 0 Å². The van der Waals surface area contributed by atoms with Crippen LogP contribution in [0.2, 0.25) is 0 Å². The van der Waals surface area contributed by atoms with Crippen LogP contribution in [0.5, 0.6) is 5.75 Å². The van der Waals surface area contributed by atoms with Gasteiger partial charge in [-0.15, -0.1) is 0 Å². The van der Waals surface area contributed by atoms with Crippen molar-refractivity contribution in [3.63, 3.8) is 0 Å². The topological polar surface area (TPSA) is 108 Å². The minimum Gasteiger partial charge on any atom is -0.508 e. The van der Waals surface area contributed by atoms with Crippen LogP contribution in [0.4, 0.5) is 4.79 Å². The summed E-state index contributed by atoms with van der Waals surface area (Å²) in [5.41, 5.74) is 1.64. The van der Waals surface area contributed by atoms with Gasteiger partial charge in [-0.3, -0.25) is 9.59 Å². The highest BCUT2D eigenvalue weighted by atomic mass is 16.6. The molecule has 0 saturated carbocycles. The van der Waals surface area contributed by atoms with Crippen LogP contribution in [0.3, 0.4) is 0 Å². The number of aryl methyl sites for hydroxylation is 1. The van der Waals surface area contributed by atoms with Gasteiger partial charge in [0.25, 0.3) is 0 Å². The van der Waals surface area contributed by atoms with Crippen LogP contribution in [-0.2, 0) is 20.7 Å². The van der Waals surface area contributed by atoms with E-state index in [4.69, 9.17) is 4.74 Å². The molecular formula is C29H41N3O5. The fraction of sp³-hybridized carbons (Fsp3) is 0.483. The number of alkyl carbamates (subject to hydrolysis) is 1. The summed E-state index contributed by atoms with van der Waals surface area (Å²) in [5.74, 6) is -0.615. The number of nitrogens with one attached hydrogen (secondary N) is 2. The van der Waals surface area contributed by atoms with E-state index in [0.717, 1.165) is 30.4 Å². The Morgan fingerprint density at radius 1 is 1.05 bits per heavy atom. The van der Waals surface area contributed by atoms with Crippen molar-refractivity contribution < 1.29 is 24.2 Å². The summed E-state index contributed by atoms with van der Waals surface area (Å²) in [4.78, 5) is 41.2. The van der Waals surface area contributed by atoms with Gasteiger partial charge in [0, 0.05) is 20.0 Å². The standard InChI is InChI=1S/C29H41N3O5/c1-7-8-9-17-30-26(34)25(22-12-10-11-20(2)18-22)32(6)27(35)24(31-28(36)37-29(3,4)5)19-21-13-15-23(33)16-14-21/h10-16,18,24-25,33H,7-9,17,19H2,1-6H3,(H,30,34)(H,31,36). The van der Waals surface area contributed by atoms with Crippen LogP contribution in [0, 0.1) is 6.92 Å². The first kappa shape index (κ1) is 29.7. The van der Waals surface area contributed by atoms with E-state index in [0.29, 0.717) is 12.1 Å². The Morgan fingerprint density at radius 3 is 2.32 bits per heavy atom. The quantitative estimate of drug-likeness (QED) is 0.381. The van der Waals surface area contributed by atoms with E-state index in [1.54, 1.807) is 40.0 Å². The number of rotatable bonds is 11. The van der Waals surface area contributed by atoms with Crippen molar-refractivity contribution in [3.8, 4) is 5.75 Å². The number of likely N-dealkylation sites (N-methyl/N-ethyl adjacent to an activating group) is 1. The Morgan fingerprint density at radius 2 is 1.73 bits per heavy atom. The summed E-state index contributed by atoms with van der Waals surface area (Å²) >= 11 is 0. The molecule has 8 nitrogen and oxygen atoms in total. The summed E-state index contributed by atoms with van der Waals surface area (Å²) < 4.78 is 5.40. The molecule has 0 fully saturated rings. The predicted octanol–water partition coefficient (Wildman–Crippen LogP) is 4.64. The van der Waals surface area contributed by atoms with Crippen LogP contribution >= 0.6 is 0 Å². The first-order chi connectivity index (χ1) is 17.4. The smallest absolute Gasteiger partial charge is 0.408 e. The van der Waals surface area contributed by atoms with E-state index < -0.39 is 29.7 Å². The zero-order valence-corrected chi connectivity index (χ0v) is 22.8. The second kappa shape index (κ2) is 13.7. The zero-order chi connectivity index (χ0) is 27.6. The van der Waals surface area contributed by atoms with Gasteiger partial charge in [-0.05, 0) is 57.4 Å². The molecule has 2 atom stereocenters. The van der Waals surface area contributed by atoms with Crippen molar-refractivity contribution in [1.82, 2.24) is 15.5 Å². The molecule has 2 aromatic carbocycles. The Kier molecular flexibility index (Phi) is 11.0. The maximum atomic E-state index is 13.8. The molecule has 2 rings (SSSR count). The van der Waals surface area contributed by atoms with Gasteiger partial charge < -0.3 is 25.4 Å². The molecule has 0 aliphatic rings. The first-order valence-corrected chi connectivity index (χ1v) is 12.8. The number of ether oxygens (including phenoxy) is 1. The molecule has 0 heterocycles. The van der Waals surface area contributed by atoms with Gasteiger partial charge in [-0.25, -0.2) is 4.79 Å². The molecule has 2 unspecified atom stereocenters. The lowest BCUT2D eigenvalue weighted by atomic mass is 9.99. The summed E-state index contributed by atoms with van der Waals surface area (Å²) in [6.07, 6.45) is 2.31. The summed E-state index contributed by atoms with van der Waals surface area (Å²) in [5, 5.41) is 15.3. The molecule has 0 aliphatic carbocycles. The maximum Gasteiger partial charge on any atom is 0.408 e. The van der Waals surface area contributed by atoms with Crippen molar-refractivity contribution >= 4 is 17.9 Å². The molecule has 3 N–H and O–H groups in total. The van der Waals surface area contributed by atoms with E-state index in [-0.39, 0.29) is 18.1 Å². The molecule has 202 valence electrons. The van der Waals surface area contributed by atoms with Crippen molar-refractivity contribution in [2.45, 2.75) is 78.0 Å². The zero-order valence-electron chi connectivity index (χ0n) is 22.8. The van der Waals surface area contributed by atoms with Crippen molar-refractivity contribution in [2.75, 3.05) is 13.6 Å². The largest absolute Gasteiger partial charge is 0.508 e. The summed E-state index contributed by atoms with van der Waals surface area (Å²) in [7, 11) is 1.57. The minimum absolute atomic E-state index is 0.100. The number of carbonyl (C=O) groups excluding carboxylic acids is 3. The number of hydrogen-bond acceptors (Lipinski definition) is 5. The fourth-order valence-corrected chi connectivity index (χ4v) is 3.97. The summed E-state index contributed by atoms with van der Waals surface area (Å²) in [6, 6.07) is 12.0. The van der Waals surface area contributed by atoms with E-state index in [1.165, 1.54) is 17.0 Å². The number of carbonyl (C=O) groups is 3. The molecule has 3 amide bonds. The summed E-state index contributed by atoms with van der Waals surface area (Å²) in [6.45, 7) is 9.77. The van der Waals surface area contributed by atoms with Gasteiger partial charge in [-0.1, -0.05) is 61.7 Å². The Labute approximate surface area is 220 Å². The molecule has 0 spiro atoms. The lowest BCUT2D eigenvalue weighted by Gasteiger charge is -2.32. The number of hydrogen-bond donors (Lipinski definition) is 3. The van der Waals surface area contributed by atoms with Crippen LogP contribution in [0.1, 0.15) is 69.7 Å². The molecular weight excluding hydrogens is 470 g/mol. The number of unbranched alkanes of at least 4 members (excludes halogenated alkanes) is 2. The molecule has 2 aromatic rings. The number of benzene rings is 2. The van der Waals surface area contributed by atoms with Gasteiger partial charge >= 0.3 is 6.09 Å². The van der Waals surface area contributed by atoms with Crippen molar-refractivity contribution in [1.29, 1.82) is 0 Å². The number of phenolic OH excluding ortho intramolecular Hbond substituents is 1. The lowest BCUT2D eigenvalue weighted by molar-refractivity contribution is -0.140. The number of amides is 3. The highest BCUT2D eigenvalue weighted by Crippen LogP contribution is 2.23. The van der Waals surface area contributed by atoms with Gasteiger partial charge in [0.1, 0.15) is 23.4 Å². The van der Waals surface area contributed by atoms with Crippen LogP contribution in [-0.4, -0.2) is 53.1 Å². The van der Waals surface area contributed by atoms with Crippen LogP contribution in [0.25, 0.3) is 0 Å². The second-order valence-corrected chi connectivity index (χ2v) is 10.3. The lowest BCUT2D eigenvalue weighted by Crippen LogP contribution is -2.52. The van der Waals surface area contributed by atoms with Gasteiger partial charge in [0.15, 0.2) is 0 Å². The third kappa shape index (κ3) is 9.79. The Bertz CT molecular complexity index is 1050. The van der Waals surface area contributed by atoms with Gasteiger partial charge in [0.05, 0.1) is 0 Å². The SMILES string of the molecule is CCCCCNC(=O)C(c1cccc(C)c1)N(C)C(=O)C(Cc1ccc(O)cc1)NC(=O)OC(C)(C)C. The van der Waals surface area contributed by atoms with Gasteiger partial charge in [0.2, 0.25) is 11.8 Å². The highest BCUT2D eigenvalue weighted by Gasteiger charge is 2.34. The molecule has 0 saturated heterocycles. The van der Waals surface area contributed by atoms with E-state index in [2.05, 4.69) is 17.6 Å². The Balaban J connectivity index is 2.36. The van der Waals surface area contributed by atoms with Crippen LogP contribution < -0.4 is 10.6 Å². The van der Waals surface area contributed by atoms with E-state index in [1.807, 2.05) is 31.2 Å². The number of aromatic hydroxyl groups is 1. The Hall–Kier alpha value is -3.55. The van der Waals surface area contributed by atoms with Crippen molar-refractivity contribution in [3.05, 3.63) is 65.2 Å². The van der Waals surface area contributed by atoms with E-state index in [9.17, 15) is 19.5 Å². The molecule has 0 bridgehead atoms. The minimum atomic E-state index is -0.996. The first-order valence-electron chi connectivity index (χ1n) is 12.8. The van der Waals surface area contributed by atoms with Crippen LogP contribution in [0.15, 0.2) is 48.5 Å². The normalized spacial score (nSPS) is 12.8. The molecule has 37 heavy (non-hydrogen) atoms. The molecule has 0 radical (unpaired) electrons. The number of phenols is 1. The predicted molar refractivity (Wildman–Crippen MR) is 144 cm³/mol. The average molecular weight is 512 g/mol. The maximum absolute atomic E-state index is 13.8.